The van der Waals surface area contributed by atoms with Gasteiger partial charge in [-0.3, -0.25) is 0 Å². The summed E-state index contributed by atoms with van der Waals surface area (Å²) in [6.45, 7) is 17.0. The van der Waals surface area contributed by atoms with Crippen LogP contribution in [0.4, 0.5) is 0 Å². The molecule has 0 aromatic heterocycles. The molecule has 2 N–H and O–H groups in total. The summed E-state index contributed by atoms with van der Waals surface area (Å²) < 4.78 is 23.1. The minimum absolute atomic E-state index is 0.137. The van der Waals surface area contributed by atoms with Crippen LogP contribution in [-0.4, -0.2) is 8.42 Å². The Kier molecular flexibility index (Phi) is 8.53. The van der Waals surface area contributed by atoms with Crippen molar-refractivity contribution in [1.82, 2.24) is 0 Å². The molecule has 2 aromatic rings. The van der Waals surface area contributed by atoms with Crippen molar-refractivity contribution in [2.24, 2.45) is 10.6 Å². The van der Waals surface area contributed by atoms with Crippen LogP contribution in [0.3, 0.4) is 0 Å². The summed E-state index contributed by atoms with van der Waals surface area (Å²) in [7, 11) is -3.74. The molecule has 0 amide bonds. The summed E-state index contributed by atoms with van der Waals surface area (Å²) in [6, 6.07) is 14.1. The van der Waals surface area contributed by atoms with Crippen LogP contribution in [0, 0.1) is 5.41 Å². The number of primary sulfonamides is 1. The highest BCUT2D eigenvalue weighted by molar-refractivity contribution is 7.89. The molecule has 0 heterocycles. The average Bonchev–Trinajstić information content (AvgIpc) is 2.59. The maximum absolute atomic E-state index is 11.6. The van der Waals surface area contributed by atoms with Crippen molar-refractivity contribution < 1.29 is 8.42 Å². The van der Waals surface area contributed by atoms with E-state index in [4.69, 9.17) is 16.7 Å². The number of nitrogens with two attached hydrogens (primary N) is 1. The van der Waals surface area contributed by atoms with Gasteiger partial charge in [0.05, 0.1) is 4.90 Å². The van der Waals surface area contributed by atoms with Crippen LogP contribution in [0.5, 0.6) is 0 Å². The van der Waals surface area contributed by atoms with Gasteiger partial charge >= 0.3 is 0 Å². The van der Waals surface area contributed by atoms with Crippen molar-refractivity contribution in [3.63, 3.8) is 0 Å². The molecule has 0 radical (unpaired) electrons. The maximum Gasteiger partial charge on any atom is 0.238 e. The monoisotopic (exact) mass is 437 g/mol. The van der Waals surface area contributed by atoms with Crippen molar-refractivity contribution in [3.8, 4) is 0 Å². The van der Waals surface area contributed by atoms with Crippen molar-refractivity contribution in [1.29, 1.82) is 0 Å². The third-order valence-corrected chi connectivity index (χ3v) is 6.59. The molecule has 2 rings (SSSR count). The molecule has 0 saturated heterocycles. The van der Waals surface area contributed by atoms with E-state index in [-0.39, 0.29) is 10.3 Å². The zero-order chi connectivity index (χ0) is 22.6. The van der Waals surface area contributed by atoms with Crippen molar-refractivity contribution >= 4 is 21.6 Å². The Balaban J connectivity index is 0.000000308. The fourth-order valence-electron chi connectivity index (χ4n) is 2.88. The molecule has 29 heavy (non-hydrogen) atoms. The molecule has 0 aliphatic rings. The number of halogens is 1. The van der Waals surface area contributed by atoms with Crippen molar-refractivity contribution in [3.05, 3.63) is 64.2 Å². The Morgan fingerprint density at radius 1 is 1.00 bits per heavy atom. The standard InChI is InChI=1S/C12H18ClNO2S.C12H18/c1-5-9-10(13)6-8(12(2,3)4)7-11(9)17(14,15)16;1-10(12(2,3)4)11-8-6-5-7-9-11/h6-7H,5H2,1-4H3,(H2,14,15,16);5-10H,1-4H3. The predicted octanol–water partition coefficient (Wildman–Crippen LogP) is 6.68. The largest absolute Gasteiger partial charge is 0.238 e. The first-order valence-electron chi connectivity index (χ1n) is 9.99. The summed E-state index contributed by atoms with van der Waals surface area (Å²) in [4.78, 5) is 0.137. The molecule has 1 unspecified atom stereocenters. The maximum atomic E-state index is 11.6. The average molecular weight is 438 g/mol. The fraction of sp³-hybridized carbons (Fsp3) is 0.500. The molecule has 0 saturated carbocycles. The van der Waals surface area contributed by atoms with Crippen LogP contribution >= 0.6 is 11.6 Å². The minimum Gasteiger partial charge on any atom is -0.225 e. The zero-order valence-corrected chi connectivity index (χ0v) is 20.6. The number of hydrogen-bond donors (Lipinski definition) is 1. The second kappa shape index (κ2) is 9.63. The zero-order valence-electron chi connectivity index (χ0n) is 19.0. The van der Waals surface area contributed by atoms with Gasteiger partial charge in [-0.25, -0.2) is 13.6 Å². The summed E-state index contributed by atoms with van der Waals surface area (Å²) in [5.41, 5.74) is 3.08. The summed E-state index contributed by atoms with van der Waals surface area (Å²) in [5, 5.41) is 5.69. The van der Waals surface area contributed by atoms with E-state index >= 15 is 0 Å². The highest BCUT2D eigenvalue weighted by atomic mass is 35.5. The molecule has 162 valence electrons. The lowest BCUT2D eigenvalue weighted by atomic mass is 9.78. The summed E-state index contributed by atoms with van der Waals surface area (Å²) in [6.07, 6.45) is 0.537. The molecule has 0 aliphatic carbocycles. The molecule has 0 bridgehead atoms. The third kappa shape index (κ3) is 7.44. The quantitative estimate of drug-likeness (QED) is 0.581. The lowest BCUT2D eigenvalue weighted by Gasteiger charge is -2.27. The first kappa shape index (κ1) is 25.7. The van der Waals surface area contributed by atoms with Crippen LogP contribution in [-0.2, 0) is 21.9 Å². The van der Waals surface area contributed by atoms with Gasteiger partial charge in [0.2, 0.25) is 10.0 Å². The van der Waals surface area contributed by atoms with Crippen LogP contribution in [0.15, 0.2) is 47.4 Å². The molecule has 0 aliphatic heterocycles. The molecule has 1 atom stereocenters. The molecule has 3 nitrogen and oxygen atoms in total. The van der Waals surface area contributed by atoms with Gasteiger partial charge in [-0.1, -0.05) is 97.3 Å². The Labute approximate surface area is 182 Å². The highest BCUT2D eigenvalue weighted by Gasteiger charge is 2.22. The van der Waals surface area contributed by atoms with E-state index in [0.717, 1.165) is 5.56 Å². The lowest BCUT2D eigenvalue weighted by molar-refractivity contribution is 0.339. The van der Waals surface area contributed by atoms with Gasteiger partial charge in [0.25, 0.3) is 0 Å². The van der Waals surface area contributed by atoms with Gasteiger partial charge in [0.15, 0.2) is 0 Å². The Morgan fingerprint density at radius 2 is 1.52 bits per heavy atom. The molecular weight excluding hydrogens is 402 g/mol. The van der Waals surface area contributed by atoms with Crippen LogP contribution in [0.1, 0.15) is 78.0 Å². The fourth-order valence-corrected chi connectivity index (χ4v) is 4.18. The lowest BCUT2D eigenvalue weighted by Crippen LogP contribution is -2.18. The minimum atomic E-state index is -3.74. The van der Waals surface area contributed by atoms with Crippen LogP contribution in [0.2, 0.25) is 5.02 Å². The topological polar surface area (TPSA) is 60.2 Å². The second-order valence-electron chi connectivity index (χ2n) is 9.58. The Morgan fingerprint density at radius 3 is 1.90 bits per heavy atom. The normalized spacial score (nSPS) is 13.4. The van der Waals surface area contributed by atoms with Gasteiger partial charge in [0.1, 0.15) is 0 Å². The van der Waals surface area contributed by atoms with Gasteiger partial charge in [-0.15, -0.1) is 0 Å². The number of rotatable bonds is 3. The van der Waals surface area contributed by atoms with Gasteiger partial charge in [-0.05, 0) is 52.0 Å². The van der Waals surface area contributed by atoms with E-state index in [1.54, 1.807) is 6.07 Å². The van der Waals surface area contributed by atoms with E-state index in [0.29, 0.717) is 28.3 Å². The number of sulfonamides is 1. The first-order chi connectivity index (χ1) is 13.1. The highest BCUT2D eigenvalue weighted by Crippen LogP contribution is 2.34. The summed E-state index contributed by atoms with van der Waals surface area (Å²) in [5.74, 6) is 0.624. The van der Waals surface area contributed by atoms with E-state index in [9.17, 15) is 8.42 Å². The Bertz CT molecular complexity index is 908. The van der Waals surface area contributed by atoms with E-state index in [1.807, 2.05) is 33.8 Å². The van der Waals surface area contributed by atoms with Crippen molar-refractivity contribution in [2.45, 2.75) is 78.0 Å². The van der Waals surface area contributed by atoms with E-state index < -0.39 is 10.0 Å². The third-order valence-electron chi connectivity index (χ3n) is 5.28. The van der Waals surface area contributed by atoms with Gasteiger partial charge in [-0.2, -0.15) is 0 Å². The first-order valence-corrected chi connectivity index (χ1v) is 11.9. The predicted molar refractivity (Wildman–Crippen MR) is 125 cm³/mol. The van der Waals surface area contributed by atoms with Crippen LogP contribution < -0.4 is 5.14 Å². The second-order valence-corrected chi connectivity index (χ2v) is 11.5. The van der Waals surface area contributed by atoms with Crippen molar-refractivity contribution in [2.75, 3.05) is 0 Å². The number of benzene rings is 2. The van der Waals surface area contributed by atoms with Gasteiger partial charge < -0.3 is 0 Å². The molecule has 0 spiro atoms. The Hall–Kier alpha value is -1.36. The molecule has 5 heteroatoms. The van der Waals surface area contributed by atoms with E-state index in [2.05, 4.69) is 58.0 Å². The molecular formula is C24H36ClNO2S. The molecule has 0 fully saturated rings. The number of hydrogen-bond acceptors (Lipinski definition) is 2. The van der Waals surface area contributed by atoms with E-state index in [1.165, 1.54) is 5.56 Å². The smallest absolute Gasteiger partial charge is 0.225 e. The van der Waals surface area contributed by atoms with Gasteiger partial charge in [0, 0.05) is 5.02 Å². The molecule has 2 aromatic carbocycles. The van der Waals surface area contributed by atoms with Crippen LogP contribution in [0.25, 0.3) is 0 Å². The summed E-state index contributed by atoms with van der Waals surface area (Å²) >= 11 is 6.13. The SMILES string of the molecule is CC(c1ccccc1)C(C)(C)C.CCc1c(Cl)cc(C(C)(C)C)cc1S(N)(=O)=O.